The van der Waals surface area contributed by atoms with Gasteiger partial charge in [-0.3, -0.25) is 4.90 Å². The largest absolute Gasteiger partial charge is 0.363 e. The Hall–Kier alpha value is -5.48. The van der Waals surface area contributed by atoms with E-state index in [1.165, 1.54) is 9.75 Å². The van der Waals surface area contributed by atoms with Gasteiger partial charge in [0.1, 0.15) is 33.4 Å². The van der Waals surface area contributed by atoms with Gasteiger partial charge < -0.3 is 10.6 Å². The molecule has 0 saturated carbocycles. The topological polar surface area (TPSA) is 78.9 Å². The van der Waals surface area contributed by atoms with E-state index in [2.05, 4.69) is 139 Å². The van der Waals surface area contributed by atoms with Crippen molar-refractivity contribution in [2.24, 2.45) is 5.92 Å². The van der Waals surface area contributed by atoms with Crippen molar-refractivity contribution in [2.75, 3.05) is 17.2 Å². The van der Waals surface area contributed by atoms with Gasteiger partial charge in [0.05, 0.1) is 21.1 Å². The maximum atomic E-state index is 4.90. The summed E-state index contributed by atoms with van der Waals surface area (Å²) >= 11 is 3.46. The molecule has 2 bridgehead atoms. The van der Waals surface area contributed by atoms with Crippen molar-refractivity contribution < 1.29 is 0 Å². The molecule has 0 saturated heterocycles. The van der Waals surface area contributed by atoms with E-state index in [-0.39, 0.29) is 12.3 Å². The standard InChI is InChI=1S/C42H33N7S2/c1-24(2)23-49-39-37-35(31-29(25-15-7-3-8-16-25)33(45-47-41(31)50-37)27-19-11-5-12-20-27)43-40(49)38-36(44-39)32-30(26-17-9-4-10-18-26)34(46-48-42(32)51-38)28-21-13-6-14-22-28/h3-22,24,39-40,43-44H,23H2,1-2H3/t39-,40-/m0/s1. The zero-order chi connectivity index (χ0) is 34.1. The summed E-state index contributed by atoms with van der Waals surface area (Å²) < 4.78 is 0. The molecule has 0 unspecified atom stereocenters. The van der Waals surface area contributed by atoms with Crippen molar-refractivity contribution in [3.63, 3.8) is 0 Å². The summed E-state index contributed by atoms with van der Waals surface area (Å²) in [4.78, 5) is 6.87. The number of hydrogen-bond acceptors (Lipinski definition) is 9. The summed E-state index contributed by atoms with van der Waals surface area (Å²) in [7, 11) is 0. The van der Waals surface area contributed by atoms with Crippen LogP contribution < -0.4 is 10.6 Å². The number of thiophene rings is 2. The molecule has 2 aliphatic rings. The fraction of sp³-hybridized carbons (Fsp3) is 0.143. The van der Waals surface area contributed by atoms with Crippen molar-refractivity contribution in [1.29, 1.82) is 0 Å². The van der Waals surface area contributed by atoms with Gasteiger partial charge in [-0.15, -0.1) is 43.1 Å². The van der Waals surface area contributed by atoms with Crippen molar-refractivity contribution in [3.05, 3.63) is 131 Å². The number of hydrogen-bond donors (Lipinski definition) is 2. The Morgan fingerprint density at radius 3 is 1.27 bits per heavy atom. The Morgan fingerprint density at radius 1 is 0.529 bits per heavy atom. The predicted molar refractivity (Wildman–Crippen MR) is 211 cm³/mol. The SMILES string of the molecule is CC(C)CN1[C@@H]2Nc3c(sc4nnc(-c5ccccc5)c(-c5ccccc5)c34)[C@H]1Nc1c2sc2nnc(-c3ccccc3)c(-c3ccccc3)c12. The van der Waals surface area contributed by atoms with Gasteiger partial charge in [-0.25, -0.2) is 0 Å². The van der Waals surface area contributed by atoms with Crippen LogP contribution in [0.4, 0.5) is 11.4 Å². The van der Waals surface area contributed by atoms with E-state index < -0.39 is 0 Å². The van der Waals surface area contributed by atoms with Gasteiger partial charge in [0, 0.05) is 39.6 Å². The zero-order valence-corrected chi connectivity index (χ0v) is 29.7. The summed E-state index contributed by atoms with van der Waals surface area (Å²) in [6.45, 7) is 5.49. The number of aromatic nitrogens is 4. The molecule has 2 N–H and O–H groups in total. The molecule has 0 aliphatic carbocycles. The molecule has 4 aromatic heterocycles. The summed E-state index contributed by atoms with van der Waals surface area (Å²) in [5, 5.41) is 30.0. The third-order valence-corrected chi connectivity index (χ3v) is 12.1. The first kappa shape index (κ1) is 30.4. The van der Waals surface area contributed by atoms with Gasteiger partial charge in [0.15, 0.2) is 0 Å². The van der Waals surface area contributed by atoms with Crippen molar-refractivity contribution in [1.82, 2.24) is 25.3 Å². The van der Waals surface area contributed by atoms with E-state index >= 15 is 0 Å². The molecule has 2 atom stereocenters. The van der Waals surface area contributed by atoms with Crippen LogP contribution in [0, 0.1) is 5.92 Å². The van der Waals surface area contributed by atoms with Crippen LogP contribution in [0.5, 0.6) is 0 Å². The molecule has 0 radical (unpaired) electrons. The fourth-order valence-electron chi connectivity index (χ4n) is 7.70. The van der Waals surface area contributed by atoms with Gasteiger partial charge in [-0.05, 0) is 17.0 Å². The molecule has 248 valence electrons. The maximum absolute atomic E-state index is 4.90. The van der Waals surface area contributed by atoms with Crippen LogP contribution in [0.3, 0.4) is 0 Å². The maximum Gasteiger partial charge on any atom is 0.149 e. The first-order chi connectivity index (χ1) is 25.1. The lowest BCUT2D eigenvalue weighted by Gasteiger charge is -2.47. The van der Waals surface area contributed by atoms with Gasteiger partial charge in [0.2, 0.25) is 0 Å². The number of rotatable bonds is 6. The van der Waals surface area contributed by atoms with Gasteiger partial charge in [-0.1, -0.05) is 135 Å². The Bertz CT molecular complexity index is 2370. The highest BCUT2D eigenvalue weighted by atomic mass is 32.1. The third-order valence-electron chi connectivity index (χ3n) is 9.81. The molecule has 2 aliphatic heterocycles. The average molecular weight is 700 g/mol. The summed E-state index contributed by atoms with van der Waals surface area (Å²) in [6.07, 6.45) is -0.141. The van der Waals surface area contributed by atoms with E-state index in [0.29, 0.717) is 5.92 Å². The van der Waals surface area contributed by atoms with Gasteiger partial charge in [-0.2, -0.15) is 0 Å². The molecule has 51 heavy (non-hydrogen) atoms. The van der Waals surface area contributed by atoms with Crippen molar-refractivity contribution in [3.8, 4) is 44.8 Å². The normalized spacial score (nSPS) is 16.5. The Morgan fingerprint density at radius 2 is 0.902 bits per heavy atom. The Labute approximate surface area is 303 Å². The molecular formula is C42H33N7S2. The second-order valence-electron chi connectivity index (χ2n) is 13.5. The van der Waals surface area contributed by atoms with Gasteiger partial charge in [0.25, 0.3) is 0 Å². The van der Waals surface area contributed by atoms with Crippen LogP contribution in [0.15, 0.2) is 121 Å². The lowest BCUT2D eigenvalue weighted by Crippen LogP contribution is -2.47. The van der Waals surface area contributed by atoms with Crippen molar-refractivity contribution >= 4 is 54.5 Å². The van der Waals surface area contributed by atoms with E-state index in [0.717, 1.165) is 83.1 Å². The highest BCUT2D eigenvalue weighted by Gasteiger charge is 2.45. The number of nitrogens with one attached hydrogen (secondary N) is 2. The number of anilines is 2. The predicted octanol–water partition coefficient (Wildman–Crippen LogP) is 10.9. The molecule has 8 aromatic rings. The quantitative estimate of drug-likeness (QED) is 0.179. The third kappa shape index (κ3) is 4.87. The second-order valence-corrected chi connectivity index (χ2v) is 15.6. The van der Waals surface area contributed by atoms with Crippen LogP contribution in [0.25, 0.3) is 65.2 Å². The molecule has 9 heteroatoms. The lowest BCUT2D eigenvalue weighted by atomic mass is 9.94. The summed E-state index contributed by atoms with van der Waals surface area (Å²) in [6, 6.07) is 42.1. The monoisotopic (exact) mass is 699 g/mol. The number of nitrogens with zero attached hydrogens (tertiary/aromatic N) is 5. The van der Waals surface area contributed by atoms with Crippen LogP contribution >= 0.6 is 22.7 Å². The smallest absolute Gasteiger partial charge is 0.149 e. The molecular weight excluding hydrogens is 667 g/mol. The first-order valence-electron chi connectivity index (χ1n) is 17.3. The minimum absolute atomic E-state index is 0.0705. The Kier molecular flexibility index (Phi) is 7.19. The molecule has 10 rings (SSSR count). The van der Waals surface area contributed by atoms with Crippen LogP contribution in [-0.4, -0.2) is 31.8 Å². The molecule has 0 spiro atoms. The lowest BCUT2D eigenvalue weighted by molar-refractivity contribution is 0.135. The fourth-order valence-corrected chi connectivity index (χ4v) is 10.0. The average Bonchev–Trinajstić information content (AvgIpc) is 3.74. The molecule has 6 heterocycles. The highest BCUT2D eigenvalue weighted by Crippen LogP contribution is 2.58. The van der Waals surface area contributed by atoms with Crippen LogP contribution in [-0.2, 0) is 0 Å². The van der Waals surface area contributed by atoms with Crippen molar-refractivity contribution in [2.45, 2.75) is 26.2 Å². The summed E-state index contributed by atoms with van der Waals surface area (Å²) in [5.74, 6) is 0.458. The van der Waals surface area contributed by atoms with Crippen LogP contribution in [0.2, 0.25) is 0 Å². The second kappa shape index (κ2) is 12.1. The molecule has 4 aromatic carbocycles. The molecule has 7 nitrogen and oxygen atoms in total. The van der Waals surface area contributed by atoms with Gasteiger partial charge >= 0.3 is 0 Å². The molecule has 0 amide bonds. The van der Waals surface area contributed by atoms with E-state index in [1.807, 2.05) is 12.1 Å². The minimum Gasteiger partial charge on any atom is -0.363 e. The van der Waals surface area contributed by atoms with E-state index in [4.69, 9.17) is 20.4 Å². The zero-order valence-electron chi connectivity index (χ0n) is 28.0. The Balaban J connectivity index is 1.22. The van der Waals surface area contributed by atoms with E-state index in [1.54, 1.807) is 22.7 Å². The number of fused-ring (bicyclic) bond motifs is 10. The minimum atomic E-state index is -0.0705. The van der Waals surface area contributed by atoms with Crippen LogP contribution in [0.1, 0.15) is 35.9 Å². The first-order valence-corrected chi connectivity index (χ1v) is 18.9. The highest BCUT2D eigenvalue weighted by molar-refractivity contribution is 7.20. The van der Waals surface area contributed by atoms with E-state index in [9.17, 15) is 0 Å². The molecule has 0 fully saturated rings. The summed E-state index contributed by atoms with van der Waals surface area (Å²) in [5.41, 5.74) is 10.6. The number of benzene rings is 4.